The van der Waals surface area contributed by atoms with Crippen molar-refractivity contribution in [3.63, 3.8) is 0 Å². The van der Waals surface area contributed by atoms with Gasteiger partial charge in [-0.3, -0.25) is 9.59 Å². The molecule has 1 fully saturated rings. The smallest absolute Gasteiger partial charge is 0.251 e. The average molecular weight is 394 g/mol. The van der Waals surface area contributed by atoms with Crippen LogP contribution in [0.25, 0.3) is 0 Å². The van der Waals surface area contributed by atoms with Crippen LogP contribution in [0.3, 0.4) is 0 Å². The number of nitrogens with one attached hydrogen (secondary N) is 1. The Balaban J connectivity index is 1.59. The van der Waals surface area contributed by atoms with Crippen LogP contribution in [0.4, 0.5) is 5.69 Å². The minimum atomic E-state index is -0.399. The summed E-state index contributed by atoms with van der Waals surface area (Å²) in [4.78, 5) is 26.8. The lowest BCUT2D eigenvalue weighted by Gasteiger charge is -2.38. The molecule has 0 aliphatic carbocycles. The Labute approximate surface area is 170 Å². The average Bonchev–Trinajstić information content (AvgIpc) is 3.13. The number of anilines is 1. The summed E-state index contributed by atoms with van der Waals surface area (Å²) >= 11 is 0. The van der Waals surface area contributed by atoms with Gasteiger partial charge in [0.05, 0.1) is 13.2 Å². The summed E-state index contributed by atoms with van der Waals surface area (Å²) < 4.78 is 11.4. The lowest BCUT2D eigenvalue weighted by molar-refractivity contribution is -0.117. The number of nitrogens with zero attached hydrogens (tertiary/aromatic N) is 1. The van der Waals surface area contributed by atoms with Crippen LogP contribution in [0.1, 0.15) is 55.1 Å². The number of fused-ring (bicyclic) bond motifs is 1. The minimum Gasteiger partial charge on any atom is -0.497 e. The van der Waals surface area contributed by atoms with E-state index in [1.165, 1.54) is 0 Å². The van der Waals surface area contributed by atoms with E-state index >= 15 is 0 Å². The van der Waals surface area contributed by atoms with Gasteiger partial charge in [-0.1, -0.05) is 6.07 Å². The summed E-state index contributed by atoms with van der Waals surface area (Å²) in [5.41, 5.74) is 1.82. The molecule has 0 bridgehead atoms. The highest BCUT2D eigenvalue weighted by molar-refractivity contribution is 5.99. The van der Waals surface area contributed by atoms with Crippen molar-refractivity contribution in [2.45, 2.75) is 44.8 Å². The van der Waals surface area contributed by atoms with Crippen LogP contribution < -0.4 is 19.7 Å². The zero-order valence-electron chi connectivity index (χ0n) is 17.0. The molecule has 2 aliphatic rings. The Kier molecular flexibility index (Phi) is 4.94. The number of rotatable bonds is 4. The number of carbonyl (C=O) groups excluding carboxylic acids is 2. The summed E-state index contributed by atoms with van der Waals surface area (Å²) in [6, 6.07) is 12.7. The second kappa shape index (κ2) is 7.43. The minimum absolute atomic E-state index is 0.106. The van der Waals surface area contributed by atoms with Crippen LogP contribution in [0.5, 0.6) is 11.5 Å². The van der Waals surface area contributed by atoms with Crippen molar-refractivity contribution in [3.05, 3.63) is 53.6 Å². The quantitative estimate of drug-likeness (QED) is 0.855. The fourth-order valence-corrected chi connectivity index (χ4v) is 4.07. The Morgan fingerprint density at radius 1 is 1.24 bits per heavy atom. The molecule has 1 saturated heterocycles. The predicted molar refractivity (Wildman–Crippen MR) is 111 cm³/mol. The molecule has 6 heteroatoms. The van der Waals surface area contributed by atoms with E-state index in [0.717, 1.165) is 29.2 Å². The van der Waals surface area contributed by atoms with E-state index in [4.69, 9.17) is 9.47 Å². The van der Waals surface area contributed by atoms with E-state index < -0.39 is 5.60 Å². The van der Waals surface area contributed by atoms with Crippen molar-refractivity contribution in [1.29, 1.82) is 0 Å². The lowest BCUT2D eigenvalue weighted by atomic mass is 9.89. The van der Waals surface area contributed by atoms with Gasteiger partial charge in [0, 0.05) is 36.2 Å². The van der Waals surface area contributed by atoms with E-state index in [2.05, 4.69) is 5.32 Å². The molecule has 0 unspecified atom stereocenters. The Hall–Kier alpha value is -3.02. The molecule has 1 N–H and O–H groups in total. The van der Waals surface area contributed by atoms with Gasteiger partial charge in [0.1, 0.15) is 17.1 Å². The highest BCUT2D eigenvalue weighted by atomic mass is 16.5. The van der Waals surface area contributed by atoms with Crippen LogP contribution in [0.2, 0.25) is 0 Å². The number of methoxy groups -OCH3 is 1. The summed E-state index contributed by atoms with van der Waals surface area (Å²) in [5.74, 6) is 1.41. The summed E-state index contributed by atoms with van der Waals surface area (Å²) in [7, 11) is 1.62. The molecule has 2 heterocycles. The maximum atomic E-state index is 13.1. The van der Waals surface area contributed by atoms with Crippen LogP contribution in [-0.4, -0.2) is 31.1 Å². The fourth-order valence-electron chi connectivity index (χ4n) is 4.07. The fraction of sp³-hybridized carbons (Fsp3) is 0.391. The molecular weight excluding hydrogens is 368 g/mol. The molecule has 4 rings (SSSR count). The lowest BCUT2D eigenvalue weighted by Crippen LogP contribution is -2.41. The highest BCUT2D eigenvalue weighted by Crippen LogP contribution is 2.41. The van der Waals surface area contributed by atoms with Crippen LogP contribution in [-0.2, 0) is 4.79 Å². The zero-order valence-corrected chi connectivity index (χ0v) is 17.0. The Morgan fingerprint density at radius 2 is 2.07 bits per heavy atom. The molecule has 2 amide bonds. The summed E-state index contributed by atoms with van der Waals surface area (Å²) in [6.45, 7) is 4.73. The van der Waals surface area contributed by atoms with Crippen molar-refractivity contribution in [2.24, 2.45) is 0 Å². The predicted octanol–water partition coefficient (Wildman–Crippen LogP) is 3.85. The largest absolute Gasteiger partial charge is 0.497 e. The van der Waals surface area contributed by atoms with Crippen LogP contribution in [0.15, 0.2) is 42.5 Å². The second-order valence-corrected chi connectivity index (χ2v) is 8.19. The molecule has 152 valence electrons. The van der Waals surface area contributed by atoms with E-state index in [9.17, 15) is 9.59 Å². The van der Waals surface area contributed by atoms with Crippen molar-refractivity contribution < 1.29 is 19.1 Å². The Morgan fingerprint density at radius 3 is 2.79 bits per heavy atom. The molecule has 0 radical (unpaired) electrons. The molecule has 29 heavy (non-hydrogen) atoms. The number of hydrogen-bond donors (Lipinski definition) is 1. The zero-order chi connectivity index (χ0) is 20.6. The third kappa shape index (κ3) is 3.92. The van der Waals surface area contributed by atoms with E-state index in [1.54, 1.807) is 24.1 Å². The molecule has 0 aromatic heterocycles. The number of amides is 2. The van der Waals surface area contributed by atoms with Gasteiger partial charge in [0.25, 0.3) is 5.91 Å². The van der Waals surface area contributed by atoms with Gasteiger partial charge >= 0.3 is 0 Å². The van der Waals surface area contributed by atoms with Gasteiger partial charge < -0.3 is 19.7 Å². The number of carbonyl (C=O) groups is 2. The van der Waals surface area contributed by atoms with E-state index in [0.29, 0.717) is 24.9 Å². The molecule has 0 spiro atoms. The molecule has 2 aromatic carbocycles. The highest BCUT2D eigenvalue weighted by Gasteiger charge is 2.35. The number of hydrogen-bond acceptors (Lipinski definition) is 4. The van der Waals surface area contributed by atoms with Gasteiger partial charge in [0.15, 0.2) is 0 Å². The van der Waals surface area contributed by atoms with Crippen LogP contribution >= 0.6 is 0 Å². The topological polar surface area (TPSA) is 67.9 Å². The molecule has 6 nitrogen and oxygen atoms in total. The maximum Gasteiger partial charge on any atom is 0.251 e. The first-order valence-corrected chi connectivity index (χ1v) is 9.94. The van der Waals surface area contributed by atoms with Gasteiger partial charge in [0.2, 0.25) is 5.91 Å². The van der Waals surface area contributed by atoms with Gasteiger partial charge in [-0.05, 0) is 56.7 Å². The molecule has 2 aromatic rings. The standard InChI is InChI=1S/C23H26N2O4/c1-23(2)14-19(18-13-17(28-3)9-10-20(18)29-23)24-22(27)15-6-4-7-16(12-15)25-11-5-8-21(25)26/h4,6-7,9-10,12-13,19H,5,8,11,14H2,1-3H3,(H,24,27)/t19-/m0/s1. The third-order valence-electron chi connectivity index (χ3n) is 5.47. The maximum absolute atomic E-state index is 13.1. The molecular formula is C23H26N2O4. The normalized spacial score (nSPS) is 20.0. The monoisotopic (exact) mass is 394 g/mol. The van der Waals surface area contributed by atoms with Gasteiger partial charge in [-0.15, -0.1) is 0 Å². The van der Waals surface area contributed by atoms with E-state index in [-0.39, 0.29) is 17.9 Å². The van der Waals surface area contributed by atoms with Crippen molar-refractivity contribution >= 4 is 17.5 Å². The van der Waals surface area contributed by atoms with Gasteiger partial charge in [-0.2, -0.15) is 0 Å². The SMILES string of the molecule is COc1ccc2c(c1)[C@@H](NC(=O)c1cccc(N3CCCC3=O)c1)CC(C)(C)O2. The summed E-state index contributed by atoms with van der Waals surface area (Å²) in [6.07, 6.45) is 2.06. The number of ether oxygens (including phenoxy) is 2. The first-order chi connectivity index (χ1) is 13.9. The first-order valence-electron chi connectivity index (χ1n) is 9.94. The van der Waals surface area contributed by atoms with E-state index in [1.807, 2.05) is 44.2 Å². The Bertz CT molecular complexity index is 954. The van der Waals surface area contributed by atoms with Crippen LogP contribution in [0, 0.1) is 0 Å². The third-order valence-corrected chi connectivity index (χ3v) is 5.47. The first kappa shape index (κ1) is 19.3. The van der Waals surface area contributed by atoms with Crippen molar-refractivity contribution in [3.8, 4) is 11.5 Å². The van der Waals surface area contributed by atoms with Gasteiger partial charge in [-0.25, -0.2) is 0 Å². The van der Waals surface area contributed by atoms with Crippen molar-refractivity contribution in [1.82, 2.24) is 5.32 Å². The second-order valence-electron chi connectivity index (χ2n) is 8.19. The molecule has 1 atom stereocenters. The molecule has 2 aliphatic heterocycles. The van der Waals surface area contributed by atoms with Crippen molar-refractivity contribution in [2.75, 3.05) is 18.6 Å². The molecule has 0 saturated carbocycles. The summed E-state index contributed by atoms with van der Waals surface area (Å²) in [5, 5.41) is 3.15. The number of benzene rings is 2.